The Labute approximate surface area is 126 Å². The highest BCUT2D eigenvalue weighted by atomic mass is 35.5. The molecule has 0 radical (unpaired) electrons. The monoisotopic (exact) mass is 305 g/mol. The first-order valence-corrected chi connectivity index (χ1v) is 6.45. The molecular weight excluding hydrogens is 294 g/mol. The largest absolute Gasteiger partial charge is 0.496 e. The lowest BCUT2D eigenvalue weighted by molar-refractivity contribution is 0.0473. The second-order valence-electron chi connectivity index (χ2n) is 4.04. The first-order valence-electron chi connectivity index (χ1n) is 6.07. The molecule has 5 nitrogen and oxygen atoms in total. The number of esters is 1. The van der Waals surface area contributed by atoms with E-state index in [1.807, 2.05) is 0 Å². The molecule has 2 aromatic rings. The van der Waals surface area contributed by atoms with Gasteiger partial charge in [-0.15, -0.1) is 0 Å². The van der Waals surface area contributed by atoms with E-state index in [1.165, 1.54) is 19.4 Å². The van der Waals surface area contributed by atoms with Gasteiger partial charge in [0, 0.05) is 6.20 Å². The molecule has 21 heavy (non-hydrogen) atoms. The summed E-state index contributed by atoms with van der Waals surface area (Å²) in [6.07, 6.45) is 1.46. The number of aromatic nitrogens is 1. The van der Waals surface area contributed by atoms with Gasteiger partial charge in [0.15, 0.2) is 6.61 Å². The molecule has 0 aliphatic rings. The summed E-state index contributed by atoms with van der Waals surface area (Å²) in [6, 6.07) is 9.75. The Bertz CT molecular complexity index is 672. The number of carbonyl (C=O) groups is 2. The summed E-state index contributed by atoms with van der Waals surface area (Å²) in [6.45, 7) is -0.398. The van der Waals surface area contributed by atoms with Gasteiger partial charge in [0.1, 0.15) is 10.9 Å². The quantitative estimate of drug-likeness (QED) is 0.483. The Morgan fingerprint density at radius 1 is 1.14 bits per heavy atom. The number of carbonyl (C=O) groups excluding carboxylic acids is 2. The summed E-state index contributed by atoms with van der Waals surface area (Å²) in [5, 5.41) is 0.0345. The van der Waals surface area contributed by atoms with E-state index in [0.29, 0.717) is 11.3 Å². The molecule has 2 rings (SSSR count). The van der Waals surface area contributed by atoms with Crippen LogP contribution in [0.5, 0.6) is 5.75 Å². The second kappa shape index (κ2) is 6.85. The van der Waals surface area contributed by atoms with Crippen LogP contribution in [0.2, 0.25) is 5.15 Å². The number of benzene rings is 1. The molecular formula is C15H12ClNO4. The third kappa shape index (κ3) is 3.58. The van der Waals surface area contributed by atoms with E-state index in [9.17, 15) is 9.59 Å². The molecule has 0 saturated carbocycles. The molecule has 0 aliphatic heterocycles. The number of halogens is 1. The van der Waals surface area contributed by atoms with Crippen molar-refractivity contribution < 1.29 is 19.1 Å². The van der Waals surface area contributed by atoms with Crippen LogP contribution in [-0.2, 0) is 4.74 Å². The van der Waals surface area contributed by atoms with Crippen molar-refractivity contribution in [2.24, 2.45) is 0 Å². The van der Waals surface area contributed by atoms with Crippen molar-refractivity contribution in [2.45, 2.75) is 0 Å². The predicted octanol–water partition coefficient (Wildman–Crippen LogP) is 2.78. The summed E-state index contributed by atoms with van der Waals surface area (Å²) in [5.41, 5.74) is 0.470. The second-order valence-corrected chi connectivity index (χ2v) is 4.40. The number of rotatable bonds is 5. The third-order valence-electron chi connectivity index (χ3n) is 2.72. The zero-order valence-electron chi connectivity index (χ0n) is 11.2. The number of ketones is 1. The molecule has 0 N–H and O–H groups in total. The molecule has 0 amide bonds. The topological polar surface area (TPSA) is 65.5 Å². The van der Waals surface area contributed by atoms with E-state index in [0.717, 1.165) is 0 Å². The fourth-order valence-electron chi connectivity index (χ4n) is 1.70. The zero-order chi connectivity index (χ0) is 15.2. The van der Waals surface area contributed by atoms with Crippen molar-refractivity contribution in [3.05, 3.63) is 58.9 Å². The maximum atomic E-state index is 12.0. The van der Waals surface area contributed by atoms with Crippen molar-refractivity contribution in [3.8, 4) is 5.75 Å². The van der Waals surface area contributed by atoms with Crippen LogP contribution in [0.25, 0.3) is 0 Å². The molecule has 0 spiro atoms. The van der Waals surface area contributed by atoms with Gasteiger partial charge in [-0.2, -0.15) is 0 Å². The minimum Gasteiger partial charge on any atom is -0.496 e. The van der Waals surface area contributed by atoms with E-state index in [4.69, 9.17) is 21.1 Å². The molecule has 1 aromatic heterocycles. The number of pyridine rings is 1. The van der Waals surface area contributed by atoms with Crippen LogP contribution in [0.4, 0.5) is 0 Å². The number of para-hydroxylation sites is 1. The van der Waals surface area contributed by atoms with Gasteiger partial charge in [-0.1, -0.05) is 23.7 Å². The molecule has 0 aliphatic carbocycles. The van der Waals surface area contributed by atoms with E-state index >= 15 is 0 Å². The molecule has 0 atom stereocenters. The molecule has 0 fully saturated rings. The Morgan fingerprint density at radius 2 is 1.86 bits per heavy atom. The van der Waals surface area contributed by atoms with E-state index in [-0.39, 0.29) is 16.5 Å². The van der Waals surface area contributed by atoms with Gasteiger partial charge >= 0.3 is 5.97 Å². The van der Waals surface area contributed by atoms with Gasteiger partial charge in [0.25, 0.3) is 0 Å². The van der Waals surface area contributed by atoms with Crippen LogP contribution < -0.4 is 4.74 Å². The minimum atomic E-state index is -0.698. The maximum absolute atomic E-state index is 12.0. The average Bonchev–Trinajstić information content (AvgIpc) is 2.52. The molecule has 0 bridgehead atoms. The van der Waals surface area contributed by atoms with Crippen molar-refractivity contribution in [3.63, 3.8) is 0 Å². The van der Waals surface area contributed by atoms with Crippen LogP contribution >= 0.6 is 11.6 Å². The van der Waals surface area contributed by atoms with Crippen LogP contribution in [0.15, 0.2) is 42.6 Å². The predicted molar refractivity (Wildman–Crippen MR) is 76.9 cm³/mol. The van der Waals surface area contributed by atoms with Gasteiger partial charge in [-0.05, 0) is 24.3 Å². The fraction of sp³-hybridized carbons (Fsp3) is 0.133. The first-order chi connectivity index (χ1) is 10.1. The first kappa shape index (κ1) is 15.0. The number of nitrogens with zero attached hydrogens (tertiary/aromatic N) is 1. The average molecular weight is 306 g/mol. The normalized spacial score (nSPS) is 10.0. The van der Waals surface area contributed by atoms with E-state index < -0.39 is 12.6 Å². The molecule has 0 saturated heterocycles. The number of ether oxygens (including phenoxy) is 2. The minimum absolute atomic E-state index is 0.0345. The van der Waals surface area contributed by atoms with Crippen LogP contribution in [0.1, 0.15) is 20.7 Å². The lowest BCUT2D eigenvalue weighted by Crippen LogP contribution is -2.15. The van der Waals surface area contributed by atoms with Gasteiger partial charge in [-0.25, -0.2) is 9.78 Å². The molecule has 6 heteroatoms. The number of hydrogen-bond donors (Lipinski definition) is 0. The highest BCUT2D eigenvalue weighted by molar-refractivity contribution is 6.32. The van der Waals surface area contributed by atoms with Crippen molar-refractivity contribution >= 4 is 23.4 Å². The molecule has 108 valence electrons. The lowest BCUT2D eigenvalue weighted by Gasteiger charge is -2.08. The molecule has 1 heterocycles. The standard InChI is InChI=1S/C15H12ClNO4/c1-20-13-7-3-2-5-10(13)12(18)9-21-15(19)11-6-4-8-17-14(11)16/h2-8H,9H2,1H3. The van der Waals surface area contributed by atoms with E-state index in [1.54, 1.807) is 30.3 Å². The summed E-state index contributed by atoms with van der Waals surface area (Å²) < 4.78 is 10.0. The van der Waals surface area contributed by atoms with Crippen molar-refractivity contribution in [2.75, 3.05) is 13.7 Å². The Kier molecular flexibility index (Phi) is 4.90. The smallest absolute Gasteiger partial charge is 0.341 e. The number of hydrogen-bond acceptors (Lipinski definition) is 5. The van der Waals surface area contributed by atoms with Gasteiger partial charge in [-0.3, -0.25) is 4.79 Å². The zero-order valence-corrected chi connectivity index (χ0v) is 12.0. The van der Waals surface area contributed by atoms with Crippen LogP contribution in [0.3, 0.4) is 0 Å². The lowest BCUT2D eigenvalue weighted by atomic mass is 10.1. The van der Waals surface area contributed by atoms with Crippen LogP contribution in [-0.4, -0.2) is 30.5 Å². The van der Waals surface area contributed by atoms with Gasteiger partial charge in [0.2, 0.25) is 5.78 Å². The third-order valence-corrected chi connectivity index (χ3v) is 3.02. The van der Waals surface area contributed by atoms with Gasteiger partial charge in [0.05, 0.1) is 18.2 Å². The maximum Gasteiger partial charge on any atom is 0.341 e. The summed E-state index contributed by atoms with van der Waals surface area (Å²) in [7, 11) is 1.47. The fourth-order valence-corrected chi connectivity index (χ4v) is 1.90. The SMILES string of the molecule is COc1ccccc1C(=O)COC(=O)c1cccnc1Cl. The van der Waals surface area contributed by atoms with Crippen molar-refractivity contribution in [1.29, 1.82) is 0 Å². The summed E-state index contributed by atoms with van der Waals surface area (Å²) in [4.78, 5) is 27.6. The number of methoxy groups -OCH3 is 1. The Balaban J connectivity index is 2.05. The van der Waals surface area contributed by atoms with Crippen molar-refractivity contribution in [1.82, 2.24) is 4.98 Å². The van der Waals surface area contributed by atoms with Gasteiger partial charge < -0.3 is 9.47 Å². The highest BCUT2D eigenvalue weighted by Gasteiger charge is 2.16. The highest BCUT2D eigenvalue weighted by Crippen LogP contribution is 2.18. The Hall–Kier alpha value is -2.40. The van der Waals surface area contributed by atoms with E-state index in [2.05, 4.69) is 4.98 Å². The molecule has 0 unspecified atom stereocenters. The number of Topliss-reactive ketones (excluding diaryl/α,β-unsaturated/α-hetero) is 1. The van der Waals surface area contributed by atoms with Crippen LogP contribution in [0, 0.1) is 0 Å². The summed E-state index contributed by atoms with van der Waals surface area (Å²) in [5.74, 6) is -0.630. The Morgan fingerprint density at radius 3 is 2.57 bits per heavy atom. The summed E-state index contributed by atoms with van der Waals surface area (Å²) >= 11 is 5.78. The molecule has 1 aromatic carbocycles.